The van der Waals surface area contributed by atoms with Gasteiger partial charge < -0.3 is 9.84 Å². The number of ether oxygens (including phenoxy) is 1. The van der Waals surface area contributed by atoms with Crippen LogP contribution in [0.4, 0.5) is 0 Å². The van der Waals surface area contributed by atoms with Crippen LogP contribution in [0.5, 0.6) is 5.75 Å². The van der Waals surface area contributed by atoms with Gasteiger partial charge in [0.2, 0.25) is 5.44 Å². The zero-order chi connectivity index (χ0) is 17.7. The van der Waals surface area contributed by atoms with Gasteiger partial charge in [0.25, 0.3) is 10.1 Å². The Balaban J connectivity index is 1.97. The van der Waals surface area contributed by atoms with Crippen LogP contribution in [0.1, 0.15) is 48.3 Å². The Kier molecular flexibility index (Phi) is 5.99. The van der Waals surface area contributed by atoms with Crippen LogP contribution >= 0.6 is 0 Å². The molecule has 2 rings (SSSR count). The summed E-state index contributed by atoms with van der Waals surface area (Å²) in [5.74, 6) is 1.08. The molecule has 0 heterocycles. The summed E-state index contributed by atoms with van der Waals surface area (Å²) in [5, 5.41) is 9.47. The minimum Gasteiger partial charge on any atom is -0.489 e. The molecular weight excluding hydrogens is 328 g/mol. The number of benzene rings is 2. The van der Waals surface area contributed by atoms with E-state index in [1.54, 1.807) is 12.1 Å². The molecule has 2 atom stereocenters. The second-order valence-corrected chi connectivity index (χ2v) is 7.25. The third kappa shape index (κ3) is 4.80. The third-order valence-electron chi connectivity index (χ3n) is 4.01. The van der Waals surface area contributed by atoms with Gasteiger partial charge in [-0.3, -0.25) is 4.55 Å². The van der Waals surface area contributed by atoms with Crippen molar-refractivity contribution in [2.24, 2.45) is 0 Å². The van der Waals surface area contributed by atoms with E-state index in [1.165, 1.54) is 17.7 Å². The molecule has 0 saturated heterocycles. The van der Waals surface area contributed by atoms with Gasteiger partial charge in [-0.2, -0.15) is 8.42 Å². The van der Waals surface area contributed by atoms with Gasteiger partial charge in [0.05, 0.1) is 0 Å². The number of aliphatic hydroxyl groups is 1. The van der Waals surface area contributed by atoms with Crippen LogP contribution in [0.25, 0.3) is 0 Å². The summed E-state index contributed by atoms with van der Waals surface area (Å²) in [4.78, 5) is 0. The molecule has 0 bridgehead atoms. The molecule has 130 valence electrons. The molecular formula is C18H22O5S. The minimum absolute atomic E-state index is 0.0859. The molecule has 2 aromatic rings. The van der Waals surface area contributed by atoms with Crippen molar-refractivity contribution < 1.29 is 22.8 Å². The third-order valence-corrected chi connectivity index (χ3v) is 4.85. The molecule has 0 aliphatic rings. The normalized spacial score (nSPS) is 14.2. The van der Waals surface area contributed by atoms with E-state index in [0.29, 0.717) is 18.3 Å². The highest BCUT2D eigenvalue weighted by molar-refractivity contribution is 7.85. The molecule has 0 fully saturated rings. The summed E-state index contributed by atoms with van der Waals surface area (Å²) in [6.45, 7) is 4.74. The van der Waals surface area contributed by atoms with E-state index in [1.807, 2.05) is 12.1 Å². The Hall–Kier alpha value is -1.89. The number of rotatable bonds is 7. The Bertz CT molecular complexity index is 751. The van der Waals surface area contributed by atoms with Crippen LogP contribution in [0.3, 0.4) is 0 Å². The van der Waals surface area contributed by atoms with Crippen LogP contribution in [-0.4, -0.2) is 18.1 Å². The molecule has 6 heteroatoms. The maximum Gasteiger partial charge on any atom is 0.296 e. The first-order valence-electron chi connectivity index (χ1n) is 7.77. The lowest BCUT2D eigenvalue weighted by Gasteiger charge is -2.11. The van der Waals surface area contributed by atoms with Gasteiger partial charge in [-0.1, -0.05) is 50.2 Å². The van der Waals surface area contributed by atoms with Crippen LogP contribution in [-0.2, 0) is 16.7 Å². The highest BCUT2D eigenvalue weighted by Gasteiger charge is 2.21. The van der Waals surface area contributed by atoms with Crippen LogP contribution in [0.15, 0.2) is 48.5 Å². The average Bonchev–Trinajstić information content (AvgIpc) is 2.58. The highest BCUT2D eigenvalue weighted by Crippen LogP contribution is 2.22. The van der Waals surface area contributed by atoms with Crippen molar-refractivity contribution in [3.05, 3.63) is 65.2 Å². The Labute approximate surface area is 142 Å². The lowest BCUT2D eigenvalue weighted by atomic mass is 9.98. The van der Waals surface area contributed by atoms with E-state index in [9.17, 15) is 13.5 Å². The van der Waals surface area contributed by atoms with Gasteiger partial charge >= 0.3 is 0 Å². The quantitative estimate of drug-likeness (QED) is 0.745. The van der Waals surface area contributed by atoms with E-state index < -0.39 is 15.6 Å². The fraction of sp³-hybridized carbons (Fsp3) is 0.333. The molecule has 2 aromatic carbocycles. The van der Waals surface area contributed by atoms with Crippen LogP contribution in [0, 0.1) is 0 Å². The molecule has 0 amide bonds. The molecule has 0 aliphatic carbocycles. The minimum atomic E-state index is -4.52. The van der Waals surface area contributed by atoms with Crippen molar-refractivity contribution in [2.75, 3.05) is 0 Å². The van der Waals surface area contributed by atoms with Gasteiger partial charge in [0.1, 0.15) is 12.4 Å². The average molecular weight is 350 g/mol. The fourth-order valence-corrected chi connectivity index (χ4v) is 2.75. The first kappa shape index (κ1) is 18.4. The summed E-state index contributed by atoms with van der Waals surface area (Å²) in [7, 11) is -4.52. The molecule has 2 N–H and O–H groups in total. The first-order valence-corrected chi connectivity index (χ1v) is 9.27. The molecule has 0 radical (unpaired) electrons. The molecule has 0 saturated carbocycles. The molecule has 2 unspecified atom stereocenters. The summed E-state index contributed by atoms with van der Waals surface area (Å²) in [5.41, 5.74) is 0.469. The zero-order valence-electron chi connectivity index (χ0n) is 13.7. The molecule has 0 aromatic heterocycles. The van der Waals surface area contributed by atoms with Crippen molar-refractivity contribution in [3.8, 4) is 5.75 Å². The van der Waals surface area contributed by atoms with E-state index in [0.717, 1.165) is 12.0 Å². The summed E-state index contributed by atoms with van der Waals surface area (Å²) in [6, 6.07) is 14.2. The summed E-state index contributed by atoms with van der Waals surface area (Å²) in [6.07, 6.45) is 1.09. The largest absolute Gasteiger partial charge is 0.489 e. The molecule has 0 aliphatic heterocycles. The maximum absolute atomic E-state index is 10.9. The van der Waals surface area contributed by atoms with E-state index in [2.05, 4.69) is 26.0 Å². The van der Waals surface area contributed by atoms with Gasteiger partial charge in [-0.25, -0.2) is 0 Å². The smallest absolute Gasteiger partial charge is 0.296 e. The monoisotopic (exact) mass is 350 g/mol. The standard InChI is InChI=1S/C18H22O5S/c1-3-13(2)15-6-4-14(5-7-15)12-23-17-10-8-16(9-11-17)18(19)24(20,21)22/h4-11,13,18-19H,3,12H2,1-2H3,(H,20,21,22). The van der Waals surface area contributed by atoms with Crippen molar-refractivity contribution in [1.82, 2.24) is 0 Å². The highest BCUT2D eigenvalue weighted by atomic mass is 32.2. The lowest BCUT2D eigenvalue weighted by molar-refractivity contribution is 0.238. The van der Waals surface area contributed by atoms with E-state index in [4.69, 9.17) is 9.29 Å². The van der Waals surface area contributed by atoms with Crippen molar-refractivity contribution in [3.63, 3.8) is 0 Å². The maximum atomic E-state index is 10.9. The zero-order valence-corrected chi connectivity index (χ0v) is 14.5. The summed E-state index contributed by atoms with van der Waals surface area (Å²) >= 11 is 0. The Morgan fingerprint density at radius 1 is 1.00 bits per heavy atom. The SMILES string of the molecule is CCC(C)c1ccc(COc2ccc(C(O)S(=O)(=O)O)cc2)cc1. The van der Waals surface area contributed by atoms with Gasteiger partial charge in [0, 0.05) is 0 Å². The predicted octanol–water partition coefficient (Wildman–Crippen LogP) is 3.66. The fourth-order valence-electron chi connectivity index (χ4n) is 2.25. The molecule has 24 heavy (non-hydrogen) atoms. The number of hydrogen-bond acceptors (Lipinski definition) is 4. The van der Waals surface area contributed by atoms with E-state index in [-0.39, 0.29) is 5.56 Å². The topological polar surface area (TPSA) is 83.8 Å². The van der Waals surface area contributed by atoms with Crippen molar-refractivity contribution in [1.29, 1.82) is 0 Å². The molecule has 0 spiro atoms. The lowest BCUT2D eigenvalue weighted by Crippen LogP contribution is -2.11. The second-order valence-electron chi connectivity index (χ2n) is 5.78. The predicted molar refractivity (Wildman–Crippen MR) is 92.4 cm³/mol. The Morgan fingerprint density at radius 3 is 2.04 bits per heavy atom. The number of aliphatic hydroxyl groups excluding tert-OH is 1. The summed E-state index contributed by atoms with van der Waals surface area (Å²) < 4.78 is 36.3. The first-order chi connectivity index (χ1) is 11.3. The van der Waals surface area contributed by atoms with E-state index >= 15 is 0 Å². The van der Waals surface area contributed by atoms with Crippen molar-refractivity contribution >= 4 is 10.1 Å². The number of hydrogen-bond donors (Lipinski definition) is 2. The Morgan fingerprint density at radius 2 is 1.54 bits per heavy atom. The van der Waals surface area contributed by atoms with Gasteiger partial charge in [-0.05, 0) is 41.2 Å². The van der Waals surface area contributed by atoms with Gasteiger partial charge in [0.15, 0.2) is 0 Å². The van der Waals surface area contributed by atoms with Gasteiger partial charge in [-0.15, -0.1) is 0 Å². The molecule has 5 nitrogen and oxygen atoms in total. The second kappa shape index (κ2) is 7.79. The van der Waals surface area contributed by atoms with Crippen LogP contribution < -0.4 is 4.74 Å². The van der Waals surface area contributed by atoms with Crippen LogP contribution in [0.2, 0.25) is 0 Å². The van der Waals surface area contributed by atoms with Crippen molar-refractivity contribution in [2.45, 2.75) is 38.2 Å².